The van der Waals surface area contributed by atoms with E-state index in [-0.39, 0.29) is 18.2 Å². The van der Waals surface area contributed by atoms with Crippen molar-refractivity contribution < 1.29 is 19.0 Å². The number of benzene rings is 1. The van der Waals surface area contributed by atoms with Gasteiger partial charge >= 0.3 is 6.09 Å². The molecule has 8 heteroatoms. The maximum absolute atomic E-state index is 11.8. The molecule has 1 aliphatic carbocycles. The molecule has 1 amide bonds. The van der Waals surface area contributed by atoms with Crippen molar-refractivity contribution in [2.75, 3.05) is 26.8 Å². The van der Waals surface area contributed by atoms with Crippen LogP contribution in [0.1, 0.15) is 51.0 Å². The minimum atomic E-state index is -0.245. The predicted octanol–water partition coefficient (Wildman–Crippen LogP) is 3.04. The van der Waals surface area contributed by atoms with Crippen molar-refractivity contribution in [2.45, 2.75) is 64.1 Å². The Kier molecular flexibility index (Phi) is 8.04. The van der Waals surface area contributed by atoms with E-state index in [0.29, 0.717) is 32.2 Å². The van der Waals surface area contributed by atoms with Crippen LogP contribution in [0.4, 0.5) is 4.79 Å². The van der Waals surface area contributed by atoms with E-state index in [1.807, 2.05) is 25.1 Å². The Morgan fingerprint density at radius 3 is 2.63 bits per heavy atom. The number of aliphatic imine (C=N–C) groups is 1. The number of hydrogen-bond acceptors (Lipinski definition) is 5. The summed E-state index contributed by atoms with van der Waals surface area (Å²) >= 11 is 0. The first kappa shape index (κ1) is 22.1. The Hall–Kier alpha value is -2.64. The van der Waals surface area contributed by atoms with Crippen LogP contribution in [0.25, 0.3) is 0 Å². The summed E-state index contributed by atoms with van der Waals surface area (Å²) in [6, 6.07) is 6.05. The number of ether oxygens (including phenoxy) is 3. The number of nitrogens with one attached hydrogen (secondary N) is 1. The van der Waals surface area contributed by atoms with E-state index in [1.165, 1.54) is 12.8 Å². The Morgan fingerprint density at radius 2 is 1.97 bits per heavy atom. The lowest BCUT2D eigenvalue weighted by molar-refractivity contribution is 0.0963. The summed E-state index contributed by atoms with van der Waals surface area (Å²) in [6.45, 7) is 3.93. The lowest BCUT2D eigenvalue weighted by Crippen LogP contribution is -2.48. The fourth-order valence-electron chi connectivity index (χ4n) is 4.00. The van der Waals surface area contributed by atoms with Crippen LogP contribution < -0.4 is 20.5 Å². The SMILES string of the molecule is CCOC(=O)N1CCC(NC(N)=NCc2cccc(OC)c2OC2CCCC2)CC1. The van der Waals surface area contributed by atoms with Crippen molar-refractivity contribution in [3.63, 3.8) is 0 Å². The van der Waals surface area contributed by atoms with Crippen LogP contribution in [0, 0.1) is 0 Å². The van der Waals surface area contributed by atoms with Gasteiger partial charge in [-0.1, -0.05) is 12.1 Å². The molecule has 0 atom stereocenters. The number of likely N-dealkylation sites (tertiary alicyclic amines) is 1. The fourth-order valence-corrected chi connectivity index (χ4v) is 4.00. The average Bonchev–Trinajstić information content (AvgIpc) is 3.27. The van der Waals surface area contributed by atoms with Crippen molar-refractivity contribution in [3.05, 3.63) is 23.8 Å². The molecule has 1 heterocycles. The molecule has 1 saturated heterocycles. The highest BCUT2D eigenvalue weighted by molar-refractivity contribution is 5.78. The number of amides is 1. The molecule has 1 aromatic carbocycles. The lowest BCUT2D eigenvalue weighted by atomic mass is 10.1. The first-order valence-electron chi connectivity index (χ1n) is 10.9. The van der Waals surface area contributed by atoms with Gasteiger partial charge in [-0.3, -0.25) is 0 Å². The second kappa shape index (κ2) is 10.9. The predicted molar refractivity (Wildman–Crippen MR) is 116 cm³/mol. The molecular weight excluding hydrogens is 384 g/mol. The molecule has 0 unspecified atom stereocenters. The van der Waals surface area contributed by atoms with E-state index < -0.39 is 0 Å². The van der Waals surface area contributed by atoms with Crippen LogP contribution in [-0.2, 0) is 11.3 Å². The number of hydrogen-bond donors (Lipinski definition) is 2. The van der Waals surface area contributed by atoms with Crippen LogP contribution in [0.15, 0.2) is 23.2 Å². The van der Waals surface area contributed by atoms with Gasteiger partial charge < -0.3 is 30.2 Å². The van der Waals surface area contributed by atoms with Gasteiger partial charge in [-0.2, -0.15) is 0 Å². The molecule has 0 bridgehead atoms. The molecule has 2 aliphatic rings. The third kappa shape index (κ3) is 5.93. The van der Waals surface area contributed by atoms with Gasteiger partial charge in [-0.05, 0) is 51.5 Å². The van der Waals surface area contributed by atoms with Gasteiger partial charge in [0.05, 0.1) is 26.4 Å². The molecule has 2 fully saturated rings. The zero-order valence-electron chi connectivity index (χ0n) is 18.1. The number of rotatable bonds is 7. The maximum atomic E-state index is 11.8. The Labute approximate surface area is 178 Å². The van der Waals surface area contributed by atoms with E-state index in [2.05, 4.69) is 10.3 Å². The molecule has 3 N–H and O–H groups in total. The summed E-state index contributed by atoms with van der Waals surface area (Å²) < 4.78 is 16.8. The first-order valence-corrected chi connectivity index (χ1v) is 10.9. The van der Waals surface area contributed by atoms with Gasteiger partial charge in [0.25, 0.3) is 0 Å². The van der Waals surface area contributed by atoms with Gasteiger partial charge in [-0.25, -0.2) is 9.79 Å². The molecule has 1 aliphatic heterocycles. The second-order valence-corrected chi connectivity index (χ2v) is 7.78. The minimum absolute atomic E-state index is 0.193. The fraction of sp³-hybridized carbons (Fsp3) is 0.636. The molecular formula is C22H34N4O4. The number of para-hydroxylation sites is 1. The number of piperidine rings is 1. The van der Waals surface area contributed by atoms with Gasteiger partial charge in [0, 0.05) is 24.7 Å². The van der Waals surface area contributed by atoms with Gasteiger partial charge in [-0.15, -0.1) is 0 Å². The highest BCUT2D eigenvalue weighted by Crippen LogP contribution is 2.35. The monoisotopic (exact) mass is 418 g/mol. The molecule has 30 heavy (non-hydrogen) atoms. The number of carbonyl (C=O) groups is 1. The van der Waals surface area contributed by atoms with E-state index in [4.69, 9.17) is 19.9 Å². The second-order valence-electron chi connectivity index (χ2n) is 7.78. The molecule has 1 aromatic rings. The van der Waals surface area contributed by atoms with Crippen molar-refractivity contribution in [1.82, 2.24) is 10.2 Å². The van der Waals surface area contributed by atoms with Gasteiger partial charge in [0.1, 0.15) is 0 Å². The van der Waals surface area contributed by atoms with Gasteiger partial charge in [0.15, 0.2) is 17.5 Å². The van der Waals surface area contributed by atoms with E-state index >= 15 is 0 Å². The molecule has 0 spiro atoms. The quantitative estimate of drug-likeness (QED) is 0.522. The first-order chi connectivity index (χ1) is 14.6. The Bertz CT molecular complexity index is 726. The van der Waals surface area contributed by atoms with E-state index in [9.17, 15) is 4.79 Å². The highest BCUT2D eigenvalue weighted by atomic mass is 16.6. The normalized spacial score (nSPS) is 18.3. The Morgan fingerprint density at radius 1 is 1.23 bits per heavy atom. The number of guanidine groups is 1. The van der Waals surface area contributed by atoms with Crippen LogP contribution in [-0.4, -0.2) is 55.9 Å². The van der Waals surface area contributed by atoms with Crippen LogP contribution in [0.3, 0.4) is 0 Å². The zero-order chi connectivity index (χ0) is 21.3. The molecule has 1 saturated carbocycles. The smallest absolute Gasteiger partial charge is 0.409 e. The number of nitrogens with zero attached hydrogens (tertiary/aromatic N) is 2. The maximum Gasteiger partial charge on any atom is 0.409 e. The van der Waals surface area contributed by atoms with E-state index in [0.717, 1.165) is 42.7 Å². The molecule has 0 aromatic heterocycles. The molecule has 8 nitrogen and oxygen atoms in total. The molecule has 3 rings (SSSR count). The zero-order valence-corrected chi connectivity index (χ0v) is 18.1. The molecule has 0 radical (unpaired) electrons. The summed E-state index contributed by atoms with van der Waals surface area (Å²) in [6.07, 6.45) is 6.19. The summed E-state index contributed by atoms with van der Waals surface area (Å²) in [5, 5.41) is 3.28. The lowest BCUT2D eigenvalue weighted by Gasteiger charge is -2.31. The molecule has 166 valence electrons. The topological polar surface area (TPSA) is 98.4 Å². The summed E-state index contributed by atoms with van der Waals surface area (Å²) in [5.41, 5.74) is 7.10. The largest absolute Gasteiger partial charge is 0.493 e. The number of carbonyl (C=O) groups excluding carboxylic acids is 1. The number of nitrogens with two attached hydrogens (primary N) is 1. The van der Waals surface area contributed by atoms with Crippen molar-refractivity contribution in [3.8, 4) is 11.5 Å². The van der Waals surface area contributed by atoms with E-state index in [1.54, 1.807) is 12.0 Å². The van der Waals surface area contributed by atoms with Crippen molar-refractivity contribution in [1.29, 1.82) is 0 Å². The minimum Gasteiger partial charge on any atom is -0.493 e. The number of methoxy groups -OCH3 is 1. The Balaban J connectivity index is 1.56. The van der Waals surface area contributed by atoms with Crippen molar-refractivity contribution in [2.24, 2.45) is 10.7 Å². The van der Waals surface area contributed by atoms with Crippen LogP contribution in [0.5, 0.6) is 11.5 Å². The average molecular weight is 419 g/mol. The third-order valence-corrected chi connectivity index (χ3v) is 5.66. The third-order valence-electron chi connectivity index (χ3n) is 5.66. The van der Waals surface area contributed by atoms with Gasteiger partial charge in [0.2, 0.25) is 0 Å². The standard InChI is InChI=1S/C22H34N4O4/c1-3-29-22(27)26-13-11-17(12-14-26)25-21(23)24-15-16-7-6-10-19(28-2)20(16)30-18-8-4-5-9-18/h6-7,10,17-18H,3-5,8-9,11-15H2,1-2H3,(H3,23,24,25). The summed E-state index contributed by atoms with van der Waals surface area (Å²) in [4.78, 5) is 18.1. The highest BCUT2D eigenvalue weighted by Gasteiger charge is 2.24. The summed E-state index contributed by atoms with van der Waals surface area (Å²) in [7, 11) is 1.66. The summed E-state index contributed by atoms with van der Waals surface area (Å²) in [5.74, 6) is 1.90. The van der Waals surface area contributed by atoms with Crippen molar-refractivity contribution >= 4 is 12.1 Å². The van der Waals surface area contributed by atoms with Crippen LogP contribution >= 0.6 is 0 Å². The van der Waals surface area contributed by atoms with Crippen LogP contribution in [0.2, 0.25) is 0 Å².